The predicted molar refractivity (Wildman–Crippen MR) is 135 cm³/mol. The molecule has 1 aromatic heterocycles. The van der Waals surface area contributed by atoms with Crippen LogP contribution in [0.1, 0.15) is 41.5 Å². The van der Waals surface area contributed by atoms with Gasteiger partial charge in [0.1, 0.15) is 11.6 Å². The molecule has 0 atom stereocenters. The fraction of sp³-hybridized carbons (Fsp3) is 0.200. The second kappa shape index (κ2) is 10.3. The molecule has 1 aliphatic rings. The molecule has 1 heterocycles. The number of nitrogens with zero attached hydrogens (tertiary/aromatic N) is 2. The van der Waals surface area contributed by atoms with Crippen LogP contribution in [0.15, 0.2) is 94.4 Å². The third-order valence-corrected chi connectivity index (χ3v) is 6.01. The fourth-order valence-corrected chi connectivity index (χ4v) is 3.67. The summed E-state index contributed by atoms with van der Waals surface area (Å²) in [6.45, 7) is 4.70. The lowest BCUT2D eigenvalue weighted by molar-refractivity contribution is 0.705. The van der Waals surface area contributed by atoms with Crippen LogP contribution >= 0.6 is 15.9 Å². The van der Waals surface area contributed by atoms with Gasteiger partial charge in [-0.25, -0.2) is 4.99 Å². The van der Waals surface area contributed by atoms with Crippen LogP contribution in [0.25, 0.3) is 0 Å². The first kappa shape index (κ1) is 21.9. The maximum Gasteiger partial charge on any atom is 0.153 e. The van der Waals surface area contributed by atoms with Gasteiger partial charge in [-0.05, 0) is 39.9 Å². The summed E-state index contributed by atoms with van der Waals surface area (Å²) in [5, 5.41) is 13.7. The minimum atomic E-state index is 0.190. The number of aliphatic imine (C=N–C) groups is 1. The molecule has 0 amide bonds. The van der Waals surface area contributed by atoms with Crippen molar-refractivity contribution in [3.05, 3.63) is 106 Å². The number of H-pyrrole nitrogens is 1. The zero-order chi connectivity index (χ0) is 22.3. The molecule has 1 saturated carbocycles. The van der Waals surface area contributed by atoms with Crippen LogP contribution in [0.4, 0.5) is 5.82 Å². The predicted octanol–water partition coefficient (Wildman–Crippen LogP) is 5.19. The van der Waals surface area contributed by atoms with E-state index in [9.17, 15) is 0 Å². The average molecular weight is 491 g/mol. The lowest BCUT2D eigenvalue weighted by Crippen LogP contribution is -2.21. The molecule has 2 aromatic carbocycles. The Bertz CT molecular complexity index is 1060. The Labute approximate surface area is 196 Å². The smallest absolute Gasteiger partial charge is 0.153 e. The zero-order valence-corrected chi connectivity index (χ0v) is 19.3. The van der Waals surface area contributed by atoms with E-state index in [1.165, 1.54) is 24.0 Å². The van der Waals surface area contributed by atoms with Gasteiger partial charge in [0.25, 0.3) is 0 Å². The number of nitrogens with one attached hydrogen (secondary N) is 3. The van der Waals surface area contributed by atoms with Gasteiger partial charge in [0, 0.05) is 36.4 Å². The Hall–Kier alpha value is -3.32. The Morgan fingerprint density at radius 2 is 1.78 bits per heavy atom. The van der Waals surface area contributed by atoms with Crippen LogP contribution < -0.4 is 16.4 Å². The molecule has 7 heteroatoms. The first-order valence-corrected chi connectivity index (χ1v) is 11.4. The van der Waals surface area contributed by atoms with Gasteiger partial charge in [0.2, 0.25) is 0 Å². The number of nitrogens with two attached hydrogens (primary N) is 1. The van der Waals surface area contributed by atoms with E-state index < -0.39 is 0 Å². The highest BCUT2D eigenvalue weighted by atomic mass is 79.9. The summed E-state index contributed by atoms with van der Waals surface area (Å²) in [4.78, 5) is 4.41. The molecule has 5 N–H and O–H groups in total. The summed E-state index contributed by atoms with van der Waals surface area (Å²) in [6.07, 6.45) is 4.06. The minimum absolute atomic E-state index is 0.190. The van der Waals surface area contributed by atoms with Crippen molar-refractivity contribution >= 4 is 28.0 Å². The fourth-order valence-electron chi connectivity index (χ4n) is 3.47. The Morgan fingerprint density at radius 1 is 1.16 bits per heavy atom. The molecule has 0 radical (unpaired) electrons. The van der Waals surface area contributed by atoms with Crippen LogP contribution in [0.2, 0.25) is 0 Å². The average Bonchev–Trinajstić information content (AvgIpc) is 3.58. The molecule has 4 rings (SSSR count). The number of benzene rings is 2. The first-order valence-electron chi connectivity index (χ1n) is 10.6. The molecule has 0 saturated heterocycles. The Balaban J connectivity index is 1.36. The van der Waals surface area contributed by atoms with Crippen molar-refractivity contribution in [2.45, 2.75) is 24.7 Å². The van der Waals surface area contributed by atoms with E-state index in [0.29, 0.717) is 34.4 Å². The number of anilines is 1. The molecule has 0 unspecified atom stereocenters. The van der Waals surface area contributed by atoms with E-state index in [-0.39, 0.29) is 5.92 Å². The number of allylic oxidation sites excluding steroid dienone is 1. The van der Waals surface area contributed by atoms with Gasteiger partial charge >= 0.3 is 0 Å². The second-order valence-corrected chi connectivity index (χ2v) is 8.68. The van der Waals surface area contributed by atoms with Crippen LogP contribution in [-0.2, 0) is 0 Å². The van der Waals surface area contributed by atoms with Gasteiger partial charge < -0.3 is 16.4 Å². The summed E-state index contributed by atoms with van der Waals surface area (Å²) in [7, 11) is 0. The summed E-state index contributed by atoms with van der Waals surface area (Å²) in [5.74, 6) is 2.48. The number of hydrogen-bond donors (Lipinski definition) is 4. The largest absolute Gasteiger partial charge is 0.384 e. The molecule has 1 aliphatic carbocycles. The molecule has 32 heavy (non-hydrogen) atoms. The molecule has 164 valence electrons. The highest BCUT2D eigenvalue weighted by molar-refractivity contribution is 9.12. The van der Waals surface area contributed by atoms with E-state index >= 15 is 0 Å². The number of halogens is 1. The molecular weight excluding hydrogens is 464 g/mol. The summed E-state index contributed by atoms with van der Waals surface area (Å²) >= 11 is 3.47. The lowest BCUT2D eigenvalue weighted by Gasteiger charge is -2.19. The van der Waals surface area contributed by atoms with Crippen LogP contribution in [0.5, 0.6) is 0 Å². The number of aromatic amines is 1. The zero-order valence-electron chi connectivity index (χ0n) is 17.8. The number of aromatic nitrogens is 2. The third kappa shape index (κ3) is 5.88. The van der Waals surface area contributed by atoms with Gasteiger partial charge in [-0.2, -0.15) is 5.10 Å². The third-order valence-electron chi connectivity index (χ3n) is 5.38. The van der Waals surface area contributed by atoms with Crippen molar-refractivity contribution in [2.24, 2.45) is 10.7 Å². The minimum Gasteiger partial charge on any atom is -0.384 e. The molecule has 6 nitrogen and oxygen atoms in total. The maximum atomic E-state index is 6.14. The van der Waals surface area contributed by atoms with Crippen molar-refractivity contribution in [2.75, 3.05) is 11.9 Å². The van der Waals surface area contributed by atoms with Gasteiger partial charge in [0.05, 0.1) is 4.48 Å². The molecule has 0 spiro atoms. The second-order valence-electron chi connectivity index (χ2n) is 7.83. The molecule has 0 bridgehead atoms. The van der Waals surface area contributed by atoms with Gasteiger partial charge in [-0.3, -0.25) is 5.10 Å². The van der Waals surface area contributed by atoms with Crippen molar-refractivity contribution < 1.29 is 0 Å². The highest BCUT2D eigenvalue weighted by Crippen LogP contribution is 2.39. The van der Waals surface area contributed by atoms with Crippen LogP contribution in [0, 0.1) is 0 Å². The van der Waals surface area contributed by atoms with Crippen molar-refractivity contribution in [3.63, 3.8) is 0 Å². The van der Waals surface area contributed by atoms with Gasteiger partial charge in [-0.1, -0.05) is 67.2 Å². The summed E-state index contributed by atoms with van der Waals surface area (Å²) in [5.41, 5.74) is 9.76. The van der Waals surface area contributed by atoms with Crippen LogP contribution in [-0.4, -0.2) is 23.0 Å². The molecule has 0 aliphatic heterocycles. The SMILES string of the molecule is C=C(/N=C\C(Br)=C(/N)Nc1cc(C2CC2)[nH]n1)NCC(c1ccccc1)c1ccccc1. The number of hydrogen-bond acceptors (Lipinski definition) is 5. The first-order chi connectivity index (χ1) is 15.6. The topological polar surface area (TPSA) is 91.1 Å². The van der Waals surface area contributed by atoms with E-state index in [2.05, 4.69) is 96.9 Å². The number of rotatable bonds is 10. The highest BCUT2D eigenvalue weighted by Gasteiger charge is 2.25. The molecule has 1 fully saturated rings. The molecule has 3 aromatic rings. The quantitative estimate of drug-likeness (QED) is 0.294. The van der Waals surface area contributed by atoms with Crippen molar-refractivity contribution in [3.8, 4) is 0 Å². The van der Waals surface area contributed by atoms with Gasteiger partial charge in [0.15, 0.2) is 5.82 Å². The van der Waals surface area contributed by atoms with Crippen molar-refractivity contribution in [1.82, 2.24) is 15.5 Å². The normalized spacial score (nSPS) is 14.4. The monoisotopic (exact) mass is 490 g/mol. The molecular formula is C25H27BrN6. The maximum absolute atomic E-state index is 6.14. The van der Waals surface area contributed by atoms with Gasteiger partial charge in [-0.15, -0.1) is 0 Å². The van der Waals surface area contributed by atoms with E-state index in [4.69, 9.17) is 5.73 Å². The lowest BCUT2D eigenvalue weighted by atomic mass is 9.91. The van der Waals surface area contributed by atoms with E-state index in [1.54, 1.807) is 6.21 Å². The Kier molecular flexibility index (Phi) is 7.07. The summed E-state index contributed by atoms with van der Waals surface area (Å²) in [6, 6.07) is 22.8. The van der Waals surface area contributed by atoms with Crippen molar-refractivity contribution in [1.29, 1.82) is 0 Å². The summed E-state index contributed by atoms with van der Waals surface area (Å²) < 4.78 is 0.624. The van der Waals surface area contributed by atoms with E-state index in [1.807, 2.05) is 18.2 Å². The van der Waals surface area contributed by atoms with E-state index in [0.717, 1.165) is 5.69 Å². The Morgan fingerprint density at radius 3 is 2.38 bits per heavy atom. The standard InChI is InChI=1S/C25H27BrN6/c1-17(28-15-21(18-8-4-2-5-9-18)19-10-6-3-7-11-19)29-16-22(26)25(27)30-24-14-23(31-32-24)20-12-13-20/h2-11,14,16,20-21,28H,1,12-13,15,27H2,(H2,30,31,32)/b25-22-,29-16-. The van der Waals surface area contributed by atoms with Crippen LogP contribution in [0.3, 0.4) is 0 Å².